The minimum Gasteiger partial charge on any atom is -0.493 e. The van der Waals surface area contributed by atoms with E-state index in [4.69, 9.17) is 4.74 Å². The van der Waals surface area contributed by atoms with Gasteiger partial charge in [-0.2, -0.15) is 11.8 Å². The second kappa shape index (κ2) is 10.3. The van der Waals surface area contributed by atoms with E-state index in [1.807, 2.05) is 56.3 Å². The summed E-state index contributed by atoms with van der Waals surface area (Å²) in [5.41, 5.74) is 4.28. The van der Waals surface area contributed by atoms with E-state index in [0.29, 0.717) is 11.7 Å². The second-order valence-corrected chi connectivity index (χ2v) is 8.76. The van der Waals surface area contributed by atoms with Crippen LogP contribution in [-0.4, -0.2) is 28.6 Å². The van der Waals surface area contributed by atoms with Crippen molar-refractivity contribution in [2.45, 2.75) is 26.5 Å². The highest BCUT2D eigenvalue weighted by atomic mass is 32.2. The van der Waals surface area contributed by atoms with Crippen molar-refractivity contribution in [1.82, 2.24) is 10.2 Å². The first-order valence-electron chi connectivity index (χ1n) is 9.24. The molecule has 0 fully saturated rings. The first kappa shape index (κ1) is 21.1. The Labute approximate surface area is 179 Å². The number of hydrogen-bond acceptors (Lipinski definition) is 6. The molecule has 3 aromatic rings. The van der Waals surface area contributed by atoms with Gasteiger partial charge >= 0.3 is 6.03 Å². The van der Waals surface area contributed by atoms with Gasteiger partial charge in [0.15, 0.2) is 0 Å². The number of thioether (sulfide) groups is 1. The fraction of sp³-hybridized carbons (Fsp3) is 0.286. The molecule has 2 amide bonds. The normalized spacial score (nSPS) is 10.6. The number of nitrogens with one attached hydrogen (secondary N) is 2. The lowest BCUT2D eigenvalue weighted by atomic mass is 10.1. The van der Waals surface area contributed by atoms with E-state index < -0.39 is 0 Å². The molecule has 0 aliphatic rings. The van der Waals surface area contributed by atoms with E-state index in [1.165, 1.54) is 22.5 Å². The van der Waals surface area contributed by atoms with Gasteiger partial charge in [0.2, 0.25) is 5.13 Å². The Kier molecular flexibility index (Phi) is 7.48. The summed E-state index contributed by atoms with van der Waals surface area (Å²) in [6, 6.07) is 13.5. The van der Waals surface area contributed by atoms with Crippen LogP contribution in [0.1, 0.15) is 21.7 Å². The Morgan fingerprint density at radius 2 is 1.83 bits per heavy atom. The van der Waals surface area contributed by atoms with Gasteiger partial charge in [0.05, 0.1) is 6.61 Å². The van der Waals surface area contributed by atoms with E-state index in [-0.39, 0.29) is 6.03 Å². The summed E-state index contributed by atoms with van der Waals surface area (Å²) >= 11 is 3.10. The lowest BCUT2D eigenvalue weighted by molar-refractivity contribution is 0.262. The summed E-state index contributed by atoms with van der Waals surface area (Å²) in [7, 11) is 0. The lowest BCUT2D eigenvalue weighted by Crippen LogP contribution is -2.19. The van der Waals surface area contributed by atoms with Crippen molar-refractivity contribution >= 4 is 39.9 Å². The molecule has 0 unspecified atom stereocenters. The van der Waals surface area contributed by atoms with Crippen molar-refractivity contribution < 1.29 is 9.53 Å². The topological polar surface area (TPSA) is 76.1 Å². The Hall–Kier alpha value is -2.58. The molecule has 152 valence electrons. The van der Waals surface area contributed by atoms with Crippen LogP contribution < -0.4 is 15.4 Å². The number of carbonyl (C=O) groups excluding carboxylic acids is 1. The number of hydrogen-bond donors (Lipinski definition) is 2. The molecule has 0 radical (unpaired) electrons. The highest BCUT2D eigenvalue weighted by Gasteiger charge is 2.09. The Bertz CT molecular complexity index is 958. The number of anilines is 2. The summed E-state index contributed by atoms with van der Waals surface area (Å²) in [4.78, 5) is 12.1. The molecule has 3 rings (SSSR count). The van der Waals surface area contributed by atoms with Crippen molar-refractivity contribution in [3.63, 3.8) is 0 Å². The Balaban J connectivity index is 1.38. The van der Waals surface area contributed by atoms with E-state index in [2.05, 4.69) is 27.8 Å². The van der Waals surface area contributed by atoms with Crippen LogP contribution in [0.3, 0.4) is 0 Å². The standard InChI is InChI=1S/C21H24N4O2S2/c1-14-4-8-18(9-5-14)27-10-11-28-13-19-24-25-21(29-19)23-20(26)22-17-7-6-15(2)16(3)12-17/h4-9,12H,10-11,13H2,1-3H3,(H2,22,23,25,26). The molecule has 0 saturated carbocycles. The van der Waals surface area contributed by atoms with Crippen molar-refractivity contribution in [3.05, 3.63) is 64.2 Å². The highest BCUT2D eigenvalue weighted by Crippen LogP contribution is 2.21. The van der Waals surface area contributed by atoms with E-state index >= 15 is 0 Å². The molecule has 1 aromatic heterocycles. The molecule has 1 heterocycles. The summed E-state index contributed by atoms with van der Waals surface area (Å²) in [6.45, 7) is 6.74. The second-order valence-electron chi connectivity index (χ2n) is 6.59. The van der Waals surface area contributed by atoms with Crippen molar-refractivity contribution in [2.24, 2.45) is 0 Å². The van der Waals surface area contributed by atoms with Crippen LogP contribution in [0.25, 0.3) is 0 Å². The van der Waals surface area contributed by atoms with Gasteiger partial charge in [-0.1, -0.05) is 35.1 Å². The number of amides is 2. The third kappa shape index (κ3) is 6.76. The molecule has 2 N–H and O–H groups in total. The molecule has 8 heteroatoms. The molecular weight excluding hydrogens is 404 g/mol. The van der Waals surface area contributed by atoms with Crippen LogP contribution in [0.2, 0.25) is 0 Å². The highest BCUT2D eigenvalue weighted by molar-refractivity contribution is 7.98. The zero-order valence-electron chi connectivity index (χ0n) is 16.7. The van der Waals surface area contributed by atoms with E-state index in [0.717, 1.165) is 33.5 Å². The number of urea groups is 1. The first-order chi connectivity index (χ1) is 14.0. The molecule has 6 nitrogen and oxygen atoms in total. The fourth-order valence-corrected chi connectivity index (χ4v) is 4.05. The predicted molar refractivity (Wildman–Crippen MR) is 121 cm³/mol. The molecule has 29 heavy (non-hydrogen) atoms. The van der Waals surface area contributed by atoms with E-state index in [1.54, 1.807) is 11.8 Å². The van der Waals surface area contributed by atoms with Crippen LogP contribution in [0, 0.1) is 20.8 Å². The van der Waals surface area contributed by atoms with Crippen LogP contribution in [0.5, 0.6) is 5.75 Å². The minimum atomic E-state index is -0.324. The third-order valence-corrected chi connectivity index (χ3v) is 6.15. The molecule has 0 atom stereocenters. The van der Waals surface area contributed by atoms with Gasteiger partial charge in [0.25, 0.3) is 0 Å². The smallest absolute Gasteiger partial charge is 0.325 e. The summed E-state index contributed by atoms with van der Waals surface area (Å²) in [5, 5.41) is 15.1. The Morgan fingerprint density at radius 1 is 1.03 bits per heavy atom. The van der Waals surface area contributed by atoms with Gasteiger partial charge in [0.1, 0.15) is 10.8 Å². The third-order valence-electron chi connectivity index (χ3n) is 4.20. The largest absolute Gasteiger partial charge is 0.493 e. The SMILES string of the molecule is Cc1ccc(OCCSCc2nnc(NC(=O)Nc3ccc(C)c(C)c3)s2)cc1. The number of rotatable bonds is 8. The first-order valence-corrected chi connectivity index (χ1v) is 11.2. The molecule has 2 aromatic carbocycles. The molecule has 0 spiro atoms. The van der Waals surface area contributed by atoms with E-state index in [9.17, 15) is 4.79 Å². The number of aryl methyl sites for hydroxylation is 3. The average Bonchev–Trinajstić information content (AvgIpc) is 3.13. The maximum atomic E-state index is 12.1. The van der Waals surface area contributed by atoms with Gasteiger partial charge in [-0.3, -0.25) is 5.32 Å². The monoisotopic (exact) mass is 428 g/mol. The minimum absolute atomic E-state index is 0.324. The van der Waals surface area contributed by atoms with Crippen LogP contribution in [0.4, 0.5) is 15.6 Å². The van der Waals surface area contributed by atoms with Gasteiger partial charge in [-0.25, -0.2) is 4.79 Å². The maximum absolute atomic E-state index is 12.1. The zero-order valence-corrected chi connectivity index (χ0v) is 18.3. The average molecular weight is 429 g/mol. The van der Waals surface area contributed by atoms with Gasteiger partial charge in [-0.05, 0) is 56.2 Å². The van der Waals surface area contributed by atoms with Crippen LogP contribution in [-0.2, 0) is 5.75 Å². The van der Waals surface area contributed by atoms with Crippen LogP contribution in [0.15, 0.2) is 42.5 Å². The number of nitrogens with zero attached hydrogens (tertiary/aromatic N) is 2. The fourth-order valence-electron chi connectivity index (χ4n) is 2.45. The maximum Gasteiger partial charge on any atom is 0.325 e. The number of benzene rings is 2. The molecule has 0 aliphatic carbocycles. The van der Waals surface area contributed by atoms with Crippen molar-refractivity contribution in [1.29, 1.82) is 0 Å². The van der Waals surface area contributed by atoms with Gasteiger partial charge in [0, 0.05) is 17.2 Å². The lowest BCUT2D eigenvalue weighted by Gasteiger charge is -2.07. The summed E-state index contributed by atoms with van der Waals surface area (Å²) in [5.74, 6) is 2.46. The van der Waals surface area contributed by atoms with Crippen LogP contribution >= 0.6 is 23.1 Å². The zero-order chi connectivity index (χ0) is 20.6. The molecule has 0 aliphatic heterocycles. The predicted octanol–water partition coefficient (Wildman–Crippen LogP) is 5.42. The molecule has 0 saturated heterocycles. The van der Waals surface area contributed by atoms with Gasteiger partial charge < -0.3 is 10.1 Å². The number of carbonyl (C=O) groups is 1. The van der Waals surface area contributed by atoms with Gasteiger partial charge in [-0.15, -0.1) is 10.2 Å². The summed E-state index contributed by atoms with van der Waals surface area (Å²) < 4.78 is 5.71. The quantitative estimate of drug-likeness (QED) is 0.469. The van der Waals surface area contributed by atoms with Crippen molar-refractivity contribution in [2.75, 3.05) is 23.0 Å². The summed E-state index contributed by atoms with van der Waals surface area (Å²) in [6.07, 6.45) is 0. The Morgan fingerprint density at radius 3 is 2.59 bits per heavy atom. The number of ether oxygens (including phenoxy) is 1. The number of aromatic nitrogens is 2. The molecular formula is C21H24N4O2S2. The van der Waals surface area contributed by atoms with Crippen molar-refractivity contribution in [3.8, 4) is 5.75 Å². The molecule has 0 bridgehead atoms.